The van der Waals surface area contributed by atoms with E-state index < -0.39 is 8.07 Å². The maximum Gasteiger partial charge on any atom is 0.144 e. The molecule has 0 aromatic carbocycles. The molecule has 7 heteroatoms. The molecule has 0 N–H and O–H groups in total. The summed E-state index contributed by atoms with van der Waals surface area (Å²) in [6, 6.07) is 5.05. The molecule has 0 amide bonds. The molecule has 0 bridgehead atoms. The summed E-state index contributed by atoms with van der Waals surface area (Å²) >= 11 is 7.02. The maximum atomic E-state index is 5.84. The van der Waals surface area contributed by atoms with E-state index in [0.29, 0.717) is 6.73 Å². The monoisotopic (exact) mass is 431 g/mol. The molecule has 0 radical (unpaired) electrons. The van der Waals surface area contributed by atoms with Gasteiger partial charge in [-0.05, 0) is 50.0 Å². The summed E-state index contributed by atoms with van der Waals surface area (Å²) in [5, 5.41) is 0. The van der Waals surface area contributed by atoms with Gasteiger partial charge in [0.1, 0.15) is 21.8 Å². The molecular weight excluding hydrogens is 414 g/mol. The second-order valence-electron chi connectivity index (χ2n) is 6.03. The van der Waals surface area contributed by atoms with Crippen LogP contribution in [0.5, 0.6) is 0 Å². The Hall–Kier alpha value is -0.503. The topological polar surface area (TPSA) is 39.9 Å². The quantitative estimate of drug-likeness (QED) is 0.486. The minimum absolute atomic E-state index is 0.487. The van der Waals surface area contributed by atoms with Crippen molar-refractivity contribution in [2.45, 2.75) is 32.4 Å². The van der Waals surface area contributed by atoms with Crippen molar-refractivity contribution in [2.24, 2.45) is 0 Å². The number of nitrogens with zero attached hydrogens (tertiary/aromatic N) is 3. The van der Waals surface area contributed by atoms with Gasteiger partial charge in [0.05, 0.1) is 0 Å². The van der Waals surface area contributed by atoms with Crippen LogP contribution >= 0.6 is 31.9 Å². The van der Waals surface area contributed by atoms with Crippen molar-refractivity contribution in [1.29, 1.82) is 0 Å². The Morgan fingerprint density at radius 3 is 2.48 bits per heavy atom. The van der Waals surface area contributed by atoms with Crippen molar-refractivity contribution in [1.82, 2.24) is 14.5 Å². The van der Waals surface area contributed by atoms with E-state index in [9.17, 15) is 0 Å². The summed E-state index contributed by atoms with van der Waals surface area (Å²) in [5.41, 5.74) is 1.02. The molecule has 0 aliphatic carbocycles. The molecule has 0 unspecified atom stereocenters. The third-order valence-corrected chi connectivity index (χ3v) is 6.61. The molecule has 0 spiro atoms. The number of hydrogen-bond donors (Lipinski definition) is 0. The largest absolute Gasteiger partial charge is 0.361 e. The smallest absolute Gasteiger partial charge is 0.144 e. The van der Waals surface area contributed by atoms with Gasteiger partial charge in [-0.25, -0.2) is 4.98 Å². The Kier molecular flexibility index (Phi) is 5.76. The third-order valence-electron chi connectivity index (χ3n) is 3.02. The number of imidazole rings is 1. The van der Waals surface area contributed by atoms with Crippen LogP contribution in [-0.2, 0) is 11.5 Å². The molecule has 0 saturated heterocycles. The van der Waals surface area contributed by atoms with Gasteiger partial charge in [-0.2, -0.15) is 0 Å². The van der Waals surface area contributed by atoms with Gasteiger partial charge >= 0.3 is 0 Å². The highest BCUT2D eigenvalue weighted by atomic mass is 79.9. The number of aromatic nitrogens is 3. The standard InChI is InChI=1S/C14H19Br2N3OSi/c1-21(2,3)9-8-20-10-19-13(16)12(15)18-14(19)11-4-6-17-7-5-11/h4-7H,8-10H2,1-3H3. The van der Waals surface area contributed by atoms with Crippen LogP contribution in [0.15, 0.2) is 33.7 Å². The first-order chi connectivity index (χ1) is 9.88. The highest BCUT2D eigenvalue weighted by molar-refractivity contribution is 9.13. The molecule has 0 aliphatic rings. The number of ether oxygens (including phenoxy) is 1. The van der Waals surface area contributed by atoms with Crippen LogP contribution in [0.25, 0.3) is 11.4 Å². The van der Waals surface area contributed by atoms with E-state index in [2.05, 4.69) is 61.5 Å². The van der Waals surface area contributed by atoms with E-state index in [1.807, 2.05) is 16.7 Å². The van der Waals surface area contributed by atoms with Crippen LogP contribution in [0.1, 0.15) is 0 Å². The summed E-state index contributed by atoms with van der Waals surface area (Å²) < 4.78 is 9.53. The average molecular weight is 433 g/mol. The van der Waals surface area contributed by atoms with Crippen molar-refractivity contribution in [3.8, 4) is 11.4 Å². The SMILES string of the molecule is C[Si](C)(C)CCOCn1c(-c2ccncc2)nc(Br)c1Br. The van der Waals surface area contributed by atoms with Gasteiger partial charge in [0, 0.05) is 32.6 Å². The van der Waals surface area contributed by atoms with Crippen LogP contribution in [0.3, 0.4) is 0 Å². The van der Waals surface area contributed by atoms with Crippen LogP contribution in [0.4, 0.5) is 0 Å². The Bertz CT molecular complexity index is 596. The zero-order valence-electron chi connectivity index (χ0n) is 12.4. The third kappa shape index (κ3) is 4.74. The predicted octanol–water partition coefficient (Wildman–Crippen LogP) is 4.78. The summed E-state index contributed by atoms with van der Waals surface area (Å²) in [6.45, 7) is 8.32. The molecule has 2 heterocycles. The van der Waals surface area contributed by atoms with Crippen molar-refractivity contribution < 1.29 is 4.74 Å². The normalized spacial score (nSPS) is 11.9. The minimum atomic E-state index is -1.06. The first-order valence-corrected chi connectivity index (χ1v) is 12.1. The van der Waals surface area contributed by atoms with Crippen LogP contribution in [0.2, 0.25) is 25.7 Å². The maximum absolute atomic E-state index is 5.84. The van der Waals surface area contributed by atoms with E-state index in [0.717, 1.165) is 33.2 Å². The van der Waals surface area contributed by atoms with E-state index in [1.165, 1.54) is 0 Å². The lowest BCUT2D eigenvalue weighted by Crippen LogP contribution is -2.22. The van der Waals surface area contributed by atoms with Gasteiger partial charge in [-0.1, -0.05) is 19.6 Å². The zero-order chi connectivity index (χ0) is 15.5. The van der Waals surface area contributed by atoms with E-state index in [4.69, 9.17) is 4.74 Å². The van der Waals surface area contributed by atoms with Crippen molar-refractivity contribution in [3.05, 3.63) is 33.7 Å². The van der Waals surface area contributed by atoms with Gasteiger partial charge in [-0.15, -0.1) is 0 Å². The fraction of sp³-hybridized carbons (Fsp3) is 0.429. The molecule has 0 saturated carbocycles. The lowest BCUT2D eigenvalue weighted by molar-refractivity contribution is 0.0868. The van der Waals surface area contributed by atoms with Gasteiger partial charge in [0.2, 0.25) is 0 Å². The highest BCUT2D eigenvalue weighted by Crippen LogP contribution is 2.29. The van der Waals surface area contributed by atoms with Crippen LogP contribution in [0, 0.1) is 0 Å². The Balaban J connectivity index is 2.12. The van der Waals surface area contributed by atoms with Crippen molar-refractivity contribution >= 4 is 39.9 Å². The van der Waals surface area contributed by atoms with E-state index in [1.54, 1.807) is 12.4 Å². The van der Waals surface area contributed by atoms with Gasteiger partial charge < -0.3 is 4.74 Å². The second kappa shape index (κ2) is 7.17. The molecule has 21 heavy (non-hydrogen) atoms. The van der Waals surface area contributed by atoms with Crippen molar-refractivity contribution in [3.63, 3.8) is 0 Å². The Morgan fingerprint density at radius 2 is 1.86 bits per heavy atom. The van der Waals surface area contributed by atoms with Gasteiger partial charge in [0.15, 0.2) is 0 Å². The molecule has 0 fully saturated rings. The number of halogens is 2. The summed E-state index contributed by atoms with van der Waals surface area (Å²) in [4.78, 5) is 8.59. The number of rotatable bonds is 6. The predicted molar refractivity (Wildman–Crippen MR) is 95.0 cm³/mol. The Labute approximate surface area is 143 Å². The fourth-order valence-corrected chi connectivity index (χ4v) is 3.27. The minimum Gasteiger partial charge on any atom is -0.361 e. The summed E-state index contributed by atoms with van der Waals surface area (Å²) in [6.07, 6.45) is 3.53. The van der Waals surface area contributed by atoms with Crippen LogP contribution < -0.4 is 0 Å². The molecule has 2 aromatic rings. The van der Waals surface area contributed by atoms with E-state index >= 15 is 0 Å². The molecule has 0 aliphatic heterocycles. The Morgan fingerprint density at radius 1 is 1.19 bits per heavy atom. The molecule has 4 nitrogen and oxygen atoms in total. The highest BCUT2D eigenvalue weighted by Gasteiger charge is 2.16. The first-order valence-electron chi connectivity index (χ1n) is 6.78. The van der Waals surface area contributed by atoms with Gasteiger partial charge in [-0.3, -0.25) is 9.55 Å². The molecule has 114 valence electrons. The number of hydrogen-bond acceptors (Lipinski definition) is 3. The van der Waals surface area contributed by atoms with Crippen molar-refractivity contribution in [2.75, 3.05) is 6.61 Å². The molecule has 2 aromatic heterocycles. The first kappa shape index (κ1) is 16.9. The molecular formula is C14H19Br2N3OSi. The molecule has 0 atom stereocenters. The second-order valence-corrected chi connectivity index (χ2v) is 13.2. The lowest BCUT2D eigenvalue weighted by Gasteiger charge is -2.16. The summed E-state index contributed by atoms with van der Waals surface area (Å²) in [5.74, 6) is 0.865. The fourth-order valence-electron chi connectivity index (χ4n) is 1.78. The zero-order valence-corrected chi connectivity index (χ0v) is 16.6. The van der Waals surface area contributed by atoms with E-state index in [-0.39, 0.29) is 0 Å². The number of pyridine rings is 1. The van der Waals surface area contributed by atoms with Crippen LogP contribution in [-0.4, -0.2) is 29.2 Å². The van der Waals surface area contributed by atoms with Gasteiger partial charge in [0.25, 0.3) is 0 Å². The molecule has 2 rings (SSSR count). The average Bonchev–Trinajstić information content (AvgIpc) is 2.71. The lowest BCUT2D eigenvalue weighted by atomic mass is 10.2. The summed E-state index contributed by atoms with van der Waals surface area (Å²) in [7, 11) is -1.06.